The van der Waals surface area contributed by atoms with Gasteiger partial charge in [-0.3, -0.25) is 23.9 Å². The highest BCUT2D eigenvalue weighted by Gasteiger charge is 2.33. The van der Waals surface area contributed by atoms with Crippen LogP contribution < -0.4 is 21.3 Å². The number of carbonyl (C=O) groups is 1. The SMILES string of the molecule is CCC1CN(C2COC2)CCN1c1ccc(Nc2cc(-c3cc(F)cc(-n4ccn5c6c(cc5c4=O)CCCC6)c3C=O)cn(C)c2=O)nc1. The third-order valence-corrected chi connectivity index (χ3v) is 10.6. The van der Waals surface area contributed by atoms with Gasteiger partial charge in [0.1, 0.15) is 22.8 Å². The first-order valence-corrected chi connectivity index (χ1v) is 17.4. The minimum atomic E-state index is -0.616. The first-order valence-electron chi connectivity index (χ1n) is 17.4. The number of aryl methyl sites for hydroxylation is 3. The van der Waals surface area contributed by atoms with Crippen molar-refractivity contribution in [3.63, 3.8) is 0 Å². The second-order valence-electron chi connectivity index (χ2n) is 13.6. The van der Waals surface area contributed by atoms with Crippen LogP contribution in [0.4, 0.5) is 21.6 Å². The van der Waals surface area contributed by atoms with E-state index in [4.69, 9.17) is 4.74 Å². The van der Waals surface area contributed by atoms with E-state index in [2.05, 4.69) is 27.0 Å². The number of rotatable bonds is 8. The van der Waals surface area contributed by atoms with E-state index in [-0.39, 0.29) is 33.6 Å². The smallest absolute Gasteiger partial charge is 0.279 e. The van der Waals surface area contributed by atoms with Crippen molar-refractivity contribution in [3.8, 4) is 16.8 Å². The third kappa shape index (κ3) is 5.62. The fourth-order valence-corrected chi connectivity index (χ4v) is 7.79. The summed E-state index contributed by atoms with van der Waals surface area (Å²) >= 11 is 0. The van der Waals surface area contributed by atoms with Crippen molar-refractivity contribution in [1.82, 2.24) is 23.4 Å². The zero-order chi connectivity index (χ0) is 34.5. The molecule has 50 heavy (non-hydrogen) atoms. The van der Waals surface area contributed by atoms with E-state index in [0.29, 0.717) is 35.3 Å². The highest BCUT2D eigenvalue weighted by molar-refractivity contribution is 5.92. The first-order chi connectivity index (χ1) is 24.3. The number of fused-ring (bicyclic) bond motifs is 3. The number of anilines is 3. The summed E-state index contributed by atoms with van der Waals surface area (Å²) in [6.07, 6.45) is 12.4. The number of ether oxygens (including phenoxy) is 1. The molecule has 0 amide bonds. The second-order valence-corrected chi connectivity index (χ2v) is 13.6. The van der Waals surface area contributed by atoms with E-state index >= 15 is 4.39 Å². The maximum absolute atomic E-state index is 15.4. The summed E-state index contributed by atoms with van der Waals surface area (Å²) in [5.74, 6) is -0.138. The van der Waals surface area contributed by atoms with Crippen molar-refractivity contribution in [1.29, 1.82) is 0 Å². The van der Waals surface area contributed by atoms with Crippen LogP contribution in [0, 0.1) is 5.82 Å². The molecule has 3 aliphatic rings. The molecule has 1 unspecified atom stereocenters. The van der Waals surface area contributed by atoms with Gasteiger partial charge < -0.3 is 23.9 Å². The van der Waals surface area contributed by atoms with Crippen molar-refractivity contribution in [3.05, 3.63) is 105 Å². The Morgan fingerprint density at radius 3 is 2.62 bits per heavy atom. The van der Waals surface area contributed by atoms with Gasteiger partial charge in [0, 0.05) is 68.1 Å². The largest absolute Gasteiger partial charge is 0.378 e. The molecule has 0 saturated carbocycles. The fraction of sp³-hybridized carbons (Fsp3) is 0.368. The Labute approximate surface area is 288 Å². The minimum absolute atomic E-state index is 0.134. The number of aromatic nitrogens is 4. The molecule has 8 rings (SSSR count). The molecule has 1 N–H and O–H groups in total. The molecular formula is C38H40FN7O4. The number of nitrogens with one attached hydrogen (secondary N) is 1. The average molecular weight is 678 g/mol. The summed E-state index contributed by atoms with van der Waals surface area (Å²) in [5.41, 5.74) is 4.32. The molecule has 1 atom stereocenters. The summed E-state index contributed by atoms with van der Waals surface area (Å²) in [5, 5.41) is 3.14. The molecule has 0 radical (unpaired) electrons. The fourth-order valence-electron chi connectivity index (χ4n) is 7.79. The average Bonchev–Trinajstić information content (AvgIpc) is 3.49. The van der Waals surface area contributed by atoms with Crippen LogP contribution in [0.3, 0.4) is 0 Å². The van der Waals surface area contributed by atoms with E-state index in [0.717, 1.165) is 81.9 Å². The van der Waals surface area contributed by atoms with E-state index in [9.17, 15) is 14.4 Å². The van der Waals surface area contributed by atoms with Crippen LogP contribution in [0.15, 0.2) is 70.8 Å². The third-order valence-electron chi connectivity index (χ3n) is 10.6. The molecule has 1 aliphatic carbocycles. The summed E-state index contributed by atoms with van der Waals surface area (Å²) in [6, 6.07) is 10.7. The van der Waals surface area contributed by atoms with Crippen LogP contribution in [0.25, 0.3) is 22.3 Å². The van der Waals surface area contributed by atoms with Crippen LogP contribution in [0.1, 0.15) is 47.8 Å². The molecule has 4 aromatic heterocycles. The molecule has 5 aromatic rings. The molecule has 11 nitrogen and oxygen atoms in total. The van der Waals surface area contributed by atoms with Gasteiger partial charge in [-0.25, -0.2) is 9.37 Å². The van der Waals surface area contributed by atoms with Crippen molar-refractivity contribution in [2.24, 2.45) is 7.05 Å². The van der Waals surface area contributed by atoms with Crippen LogP contribution in [0.2, 0.25) is 0 Å². The lowest BCUT2D eigenvalue weighted by Crippen LogP contribution is -2.60. The van der Waals surface area contributed by atoms with Crippen molar-refractivity contribution in [2.75, 3.05) is 43.1 Å². The van der Waals surface area contributed by atoms with Crippen LogP contribution >= 0.6 is 0 Å². The number of aldehydes is 1. The lowest BCUT2D eigenvalue weighted by atomic mass is 9.98. The number of piperazine rings is 1. The highest BCUT2D eigenvalue weighted by atomic mass is 19.1. The van der Waals surface area contributed by atoms with E-state index in [1.165, 1.54) is 21.3 Å². The Balaban J connectivity index is 1.10. The molecule has 0 bridgehead atoms. The van der Waals surface area contributed by atoms with Crippen molar-refractivity contribution in [2.45, 2.75) is 51.1 Å². The molecule has 6 heterocycles. The zero-order valence-electron chi connectivity index (χ0n) is 28.3. The van der Waals surface area contributed by atoms with E-state index in [1.807, 2.05) is 28.8 Å². The van der Waals surface area contributed by atoms with E-state index in [1.54, 1.807) is 31.7 Å². The number of hydrogen-bond donors (Lipinski definition) is 1. The molecule has 2 fully saturated rings. The first kappa shape index (κ1) is 32.2. The number of nitrogens with zero attached hydrogens (tertiary/aromatic N) is 6. The predicted molar refractivity (Wildman–Crippen MR) is 191 cm³/mol. The number of pyridine rings is 2. The van der Waals surface area contributed by atoms with Gasteiger partial charge in [-0.05, 0) is 79.6 Å². The zero-order valence-corrected chi connectivity index (χ0v) is 28.3. The number of benzene rings is 1. The normalized spacial score (nSPS) is 18.2. The van der Waals surface area contributed by atoms with Gasteiger partial charge in [-0.2, -0.15) is 0 Å². The second kappa shape index (κ2) is 13.0. The Morgan fingerprint density at radius 1 is 1.04 bits per heavy atom. The lowest BCUT2D eigenvalue weighted by molar-refractivity contribution is -0.0698. The molecule has 2 aliphatic heterocycles. The molecule has 0 spiro atoms. The summed E-state index contributed by atoms with van der Waals surface area (Å²) in [7, 11) is 1.60. The highest BCUT2D eigenvalue weighted by Crippen LogP contribution is 2.31. The molecule has 1 aromatic carbocycles. The topological polar surface area (TPSA) is 106 Å². The van der Waals surface area contributed by atoms with Gasteiger partial charge in [0.15, 0.2) is 6.29 Å². The van der Waals surface area contributed by atoms with Gasteiger partial charge in [-0.1, -0.05) is 6.92 Å². The summed E-state index contributed by atoms with van der Waals surface area (Å²) < 4.78 is 25.4. The quantitative estimate of drug-likeness (QED) is 0.235. The van der Waals surface area contributed by atoms with Gasteiger partial charge in [0.25, 0.3) is 11.1 Å². The predicted octanol–water partition coefficient (Wildman–Crippen LogP) is 4.72. The summed E-state index contributed by atoms with van der Waals surface area (Å²) in [4.78, 5) is 49.3. The van der Waals surface area contributed by atoms with Crippen LogP contribution in [0.5, 0.6) is 0 Å². The molecule has 12 heteroatoms. The standard InChI is InChI=1S/C38H40FN7O4/c1-3-27-20-43(29-22-50-23-29)10-11-44(27)28-8-9-36(40-18-28)41-32-14-25(19-42(2)37(32)48)30-16-26(39)17-34(31(30)21-47)46-13-12-45-33-7-5-4-6-24(33)15-35(45)38(46)49/h8-9,12-19,21,27,29H,3-7,10-11,20,22-23H2,1-2H3,(H,40,41). The van der Waals surface area contributed by atoms with Crippen LogP contribution in [-0.4, -0.2) is 74.6 Å². The van der Waals surface area contributed by atoms with Gasteiger partial charge in [0.05, 0.1) is 36.8 Å². The Morgan fingerprint density at radius 2 is 1.88 bits per heavy atom. The summed E-state index contributed by atoms with van der Waals surface area (Å²) in [6.45, 7) is 6.66. The van der Waals surface area contributed by atoms with Crippen molar-refractivity contribution >= 4 is 29.0 Å². The number of carbonyl (C=O) groups excluding carboxylic acids is 1. The number of hydrogen-bond acceptors (Lipinski definition) is 8. The monoisotopic (exact) mass is 677 g/mol. The Kier molecular flexibility index (Phi) is 8.36. The molecule has 2 saturated heterocycles. The molecular weight excluding hydrogens is 637 g/mol. The minimum Gasteiger partial charge on any atom is -0.378 e. The van der Waals surface area contributed by atoms with E-state index < -0.39 is 5.82 Å². The van der Waals surface area contributed by atoms with Gasteiger partial charge in [-0.15, -0.1) is 0 Å². The Hall–Kier alpha value is -5.07. The van der Waals surface area contributed by atoms with Gasteiger partial charge >= 0.3 is 0 Å². The number of halogens is 1. The lowest BCUT2D eigenvalue weighted by Gasteiger charge is -2.47. The van der Waals surface area contributed by atoms with Gasteiger partial charge in [0.2, 0.25) is 0 Å². The van der Waals surface area contributed by atoms with Crippen LogP contribution in [-0.2, 0) is 24.6 Å². The maximum atomic E-state index is 15.4. The van der Waals surface area contributed by atoms with Crippen molar-refractivity contribution < 1.29 is 13.9 Å². The maximum Gasteiger partial charge on any atom is 0.279 e. The Bertz CT molecular complexity index is 2220. The molecule has 258 valence electrons.